The molecule has 14 heavy (non-hydrogen) atoms. The van der Waals surface area contributed by atoms with Crippen molar-refractivity contribution in [2.24, 2.45) is 0 Å². The van der Waals surface area contributed by atoms with Gasteiger partial charge in [-0.15, -0.1) is 11.8 Å². The van der Waals surface area contributed by atoms with Crippen LogP contribution < -0.4 is 0 Å². The second-order valence-electron chi connectivity index (χ2n) is 3.09. The number of rotatable bonds is 3. The first-order valence-electron chi connectivity index (χ1n) is 4.53. The fraction of sp³-hybridized carbons (Fsp3) is 0.364. The van der Waals surface area contributed by atoms with Gasteiger partial charge in [0, 0.05) is 10.1 Å². The van der Waals surface area contributed by atoms with E-state index in [1.54, 1.807) is 17.8 Å². The molecule has 1 unspecified atom stereocenters. The number of thioether (sulfide) groups is 1. The highest BCUT2D eigenvalue weighted by Crippen LogP contribution is 2.28. The fourth-order valence-electron chi connectivity index (χ4n) is 0.992. The summed E-state index contributed by atoms with van der Waals surface area (Å²) in [5, 5.41) is 9.25. The molecule has 0 heterocycles. The zero-order valence-electron chi connectivity index (χ0n) is 8.25. The molecule has 0 saturated carbocycles. The molecule has 1 aromatic carbocycles. The maximum absolute atomic E-state index is 12.8. The van der Waals surface area contributed by atoms with Gasteiger partial charge < -0.3 is 0 Å². The van der Waals surface area contributed by atoms with Crippen LogP contribution in [0.4, 0.5) is 4.39 Å². The van der Waals surface area contributed by atoms with Gasteiger partial charge in [-0.3, -0.25) is 0 Å². The Bertz CT molecular complexity index is 357. The number of halogens is 1. The van der Waals surface area contributed by atoms with Crippen LogP contribution in [0.3, 0.4) is 0 Å². The second kappa shape index (κ2) is 5.02. The van der Waals surface area contributed by atoms with Gasteiger partial charge in [0.05, 0.1) is 5.56 Å². The Hall–Kier alpha value is -1.01. The molecule has 0 N–H and O–H groups in total. The maximum atomic E-state index is 12.8. The standard InChI is InChI=1S/C11H12FNS/c1-3-8(2)14-11-5-4-10(12)6-9(11)7-13/h4-6,8H,3H2,1-2H3. The van der Waals surface area contributed by atoms with Crippen LogP contribution in [0.2, 0.25) is 0 Å². The zero-order valence-corrected chi connectivity index (χ0v) is 9.07. The smallest absolute Gasteiger partial charge is 0.124 e. The van der Waals surface area contributed by atoms with E-state index < -0.39 is 0 Å². The average molecular weight is 209 g/mol. The Morgan fingerprint density at radius 2 is 2.29 bits per heavy atom. The Kier molecular flexibility index (Phi) is 3.97. The lowest BCUT2D eigenvalue weighted by Gasteiger charge is -2.09. The minimum absolute atomic E-state index is 0.352. The number of hydrogen-bond donors (Lipinski definition) is 0. The summed E-state index contributed by atoms with van der Waals surface area (Å²) >= 11 is 1.61. The SMILES string of the molecule is CCC(C)Sc1ccc(F)cc1C#N. The molecular formula is C11H12FNS. The molecule has 0 aliphatic rings. The van der Waals surface area contributed by atoms with E-state index in [2.05, 4.69) is 13.8 Å². The van der Waals surface area contributed by atoms with Crippen LogP contribution >= 0.6 is 11.8 Å². The molecule has 0 aliphatic carbocycles. The highest BCUT2D eigenvalue weighted by atomic mass is 32.2. The zero-order chi connectivity index (χ0) is 10.6. The third-order valence-electron chi connectivity index (χ3n) is 1.97. The van der Waals surface area contributed by atoms with Crippen molar-refractivity contribution in [3.05, 3.63) is 29.6 Å². The van der Waals surface area contributed by atoms with Crippen LogP contribution in [0, 0.1) is 17.1 Å². The van der Waals surface area contributed by atoms with Crippen molar-refractivity contribution >= 4 is 11.8 Å². The molecule has 0 aromatic heterocycles. The van der Waals surface area contributed by atoms with Gasteiger partial charge in [0.2, 0.25) is 0 Å². The molecule has 1 rings (SSSR count). The Morgan fingerprint density at radius 3 is 2.86 bits per heavy atom. The first kappa shape index (κ1) is 11.1. The normalized spacial score (nSPS) is 12.1. The van der Waals surface area contributed by atoms with Gasteiger partial charge in [-0.05, 0) is 24.6 Å². The van der Waals surface area contributed by atoms with E-state index in [1.165, 1.54) is 12.1 Å². The summed E-state index contributed by atoms with van der Waals surface area (Å²) in [6.45, 7) is 4.18. The van der Waals surface area contributed by atoms with Crippen LogP contribution in [0.15, 0.2) is 23.1 Å². The van der Waals surface area contributed by atoms with Gasteiger partial charge in [-0.2, -0.15) is 5.26 Å². The molecule has 74 valence electrons. The topological polar surface area (TPSA) is 23.8 Å². The Labute approximate surface area is 87.9 Å². The lowest BCUT2D eigenvalue weighted by molar-refractivity contribution is 0.626. The molecule has 0 aliphatic heterocycles. The molecule has 0 radical (unpaired) electrons. The van der Waals surface area contributed by atoms with Gasteiger partial charge in [0.25, 0.3) is 0 Å². The van der Waals surface area contributed by atoms with Gasteiger partial charge in [-0.25, -0.2) is 4.39 Å². The maximum Gasteiger partial charge on any atom is 0.124 e. The van der Waals surface area contributed by atoms with Gasteiger partial charge >= 0.3 is 0 Å². The van der Waals surface area contributed by atoms with Crippen LogP contribution in [-0.4, -0.2) is 5.25 Å². The van der Waals surface area contributed by atoms with Gasteiger partial charge in [0.15, 0.2) is 0 Å². The molecule has 0 amide bonds. The Morgan fingerprint density at radius 1 is 1.57 bits per heavy atom. The summed E-state index contributed by atoms with van der Waals surface area (Å²) in [5.74, 6) is -0.352. The molecule has 1 nitrogen and oxygen atoms in total. The first-order chi connectivity index (χ1) is 6.67. The quantitative estimate of drug-likeness (QED) is 0.710. The lowest BCUT2D eigenvalue weighted by Crippen LogP contribution is -1.94. The van der Waals surface area contributed by atoms with Crippen molar-refractivity contribution in [1.29, 1.82) is 5.26 Å². The number of hydrogen-bond acceptors (Lipinski definition) is 2. The molecular weight excluding hydrogens is 197 g/mol. The predicted octanol–water partition coefficient (Wildman–Crippen LogP) is 3.59. The van der Waals surface area contributed by atoms with E-state index in [9.17, 15) is 4.39 Å². The second-order valence-corrected chi connectivity index (χ2v) is 4.57. The Balaban J connectivity index is 2.92. The van der Waals surface area contributed by atoms with Gasteiger partial charge in [0.1, 0.15) is 11.9 Å². The van der Waals surface area contributed by atoms with E-state index in [4.69, 9.17) is 5.26 Å². The number of nitriles is 1. The van der Waals surface area contributed by atoms with E-state index >= 15 is 0 Å². The largest absolute Gasteiger partial charge is 0.207 e. The van der Waals surface area contributed by atoms with Crippen LogP contribution in [0.25, 0.3) is 0 Å². The summed E-state index contributed by atoms with van der Waals surface area (Å²) in [4.78, 5) is 0.864. The fourth-order valence-corrected chi connectivity index (χ4v) is 1.97. The minimum Gasteiger partial charge on any atom is -0.207 e. The summed E-state index contributed by atoms with van der Waals surface area (Å²) in [6, 6.07) is 6.35. The van der Waals surface area contributed by atoms with E-state index in [-0.39, 0.29) is 5.82 Å². The number of benzene rings is 1. The molecule has 1 atom stereocenters. The van der Waals surface area contributed by atoms with E-state index in [0.29, 0.717) is 10.8 Å². The summed E-state index contributed by atoms with van der Waals surface area (Å²) in [5.41, 5.74) is 0.426. The van der Waals surface area contributed by atoms with Crippen molar-refractivity contribution in [2.75, 3.05) is 0 Å². The van der Waals surface area contributed by atoms with Crippen molar-refractivity contribution in [1.82, 2.24) is 0 Å². The predicted molar refractivity (Wildman–Crippen MR) is 56.7 cm³/mol. The van der Waals surface area contributed by atoms with Crippen LogP contribution in [-0.2, 0) is 0 Å². The minimum atomic E-state index is -0.352. The van der Waals surface area contributed by atoms with E-state index in [0.717, 1.165) is 11.3 Å². The van der Waals surface area contributed by atoms with Gasteiger partial charge in [-0.1, -0.05) is 13.8 Å². The third kappa shape index (κ3) is 2.74. The van der Waals surface area contributed by atoms with Crippen molar-refractivity contribution in [3.63, 3.8) is 0 Å². The number of nitrogens with zero attached hydrogens (tertiary/aromatic N) is 1. The van der Waals surface area contributed by atoms with E-state index in [1.807, 2.05) is 6.07 Å². The summed E-state index contributed by atoms with van der Waals surface area (Å²) in [6.07, 6.45) is 1.03. The molecule has 0 spiro atoms. The molecule has 0 saturated heterocycles. The summed E-state index contributed by atoms with van der Waals surface area (Å²) in [7, 11) is 0. The van der Waals surface area contributed by atoms with Crippen molar-refractivity contribution in [2.45, 2.75) is 30.4 Å². The molecule has 3 heteroatoms. The lowest BCUT2D eigenvalue weighted by atomic mass is 10.2. The van der Waals surface area contributed by atoms with Crippen molar-refractivity contribution in [3.8, 4) is 6.07 Å². The molecule has 0 fully saturated rings. The monoisotopic (exact) mass is 209 g/mol. The third-order valence-corrected chi connectivity index (χ3v) is 3.31. The highest BCUT2D eigenvalue weighted by Gasteiger charge is 2.07. The van der Waals surface area contributed by atoms with Crippen LogP contribution in [0.1, 0.15) is 25.8 Å². The molecule has 1 aromatic rings. The highest BCUT2D eigenvalue weighted by molar-refractivity contribution is 8.00. The van der Waals surface area contributed by atoms with Crippen molar-refractivity contribution < 1.29 is 4.39 Å². The molecule has 0 bridgehead atoms. The first-order valence-corrected chi connectivity index (χ1v) is 5.41. The van der Waals surface area contributed by atoms with Crippen LogP contribution in [0.5, 0.6) is 0 Å². The average Bonchev–Trinajstić information content (AvgIpc) is 2.20. The summed E-state index contributed by atoms with van der Waals surface area (Å²) < 4.78 is 12.8.